The second kappa shape index (κ2) is 5.76. The maximum Gasteiger partial charge on any atom is 0.255 e. The van der Waals surface area contributed by atoms with Crippen LogP contribution in [0.4, 0.5) is 5.69 Å². The van der Waals surface area contributed by atoms with E-state index in [1.807, 2.05) is 12.1 Å². The van der Waals surface area contributed by atoms with E-state index in [-0.39, 0.29) is 5.91 Å². The number of carbonyl (C=O) groups excluding carboxylic acids is 1. The molecule has 0 aliphatic heterocycles. The summed E-state index contributed by atoms with van der Waals surface area (Å²) < 4.78 is 7.29. The number of hydrogen-bond acceptors (Lipinski definition) is 6. The Labute approximate surface area is 147 Å². The molecule has 8 heteroatoms. The fourth-order valence-corrected chi connectivity index (χ4v) is 2.74. The van der Waals surface area contributed by atoms with Crippen molar-refractivity contribution in [3.63, 3.8) is 0 Å². The third-order valence-electron chi connectivity index (χ3n) is 4.25. The van der Waals surface area contributed by atoms with Crippen molar-refractivity contribution in [3.05, 3.63) is 60.6 Å². The molecule has 1 N–H and O–H groups in total. The molecule has 0 bridgehead atoms. The SMILES string of the molecule is O=C(Nc1ccc2nc(C3CC3)oc2c1)c1ccnc(-n2cncn2)c1. The lowest BCUT2D eigenvalue weighted by molar-refractivity contribution is 0.102. The second-order valence-electron chi connectivity index (χ2n) is 6.21. The number of pyridine rings is 1. The molecule has 1 amide bonds. The second-order valence-corrected chi connectivity index (χ2v) is 6.21. The molecule has 8 nitrogen and oxygen atoms in total. The van der Waals surface area contributed by atoms with Gasteiger partial charge in [-0.3, -0.25) is 4.79 Å². The van der Waals surface area contributed by atoms with Crippen LogP contribution in [0.2, 0.25) is 0 Å². The Balaban J connectivity index is 1.39. The summed E-state index contributed by atoms with van der Waals surface area (Å²) >= 11 is 0. The number of oxazole rings is 1. The molecular weight excluding hydrogens is 332 g/mol. The molecule has 1 saturated carbocycles. The summed E-state index contributed by atoms with van der Waals surface area (Å²) in [7, 11) is 0. The Bertz CT molecular complexity index is 1100. The number of hydrogen-bond donors (Lipinski definition) is 1. The lowest BCUT2D eigenvalue weighted by atomic mass is 10.2. The molecule has 0 atom stereocenters. The van der Waals surface area contributed by atoms with Crippen LogP contribution in [0, 0.1) is 0 Å². The van der Waals surface area contributed by atoms with Gasteiger partial charge in [0.2, 0.25) is 0 Å². The number of aromatic nitrogens is 5. The van der Waals surface area contributed by atoms with Crippen LogP contribution in [0.15, 0.2) is 53.6 Å². The summed E-state index contributed by atoms with van der Waals surface area (Å²) in [4.78, 5) is 25.1. The van der Waals surface area contributed by atoms with E-state index in [2.05, 4.69) is 25.4 Å². The number of benzene rings is 1. The Morgan fingerprint density at radius 1 is 1.23 bits per heavy atom. The maximum atomic E-state index is 12.6. The van der Waals surface area contributed by atoms with Crippen molar-refractivity contribution in [3.8, 4) is 5.82 Å². The first kappa shape index (κ1) is 14.8. The van der Waals surface area contributed by atoms with Gasteiger partial charge in [-0.25, -0.2) is 19.6 Å². The van der Waals surface area contributed by atoms with Crippen LogP contribution in [-0.2, 0) is 0 Å². The highest BCUT2D eigenvalue weighted by molar-refractivity contribution is 6.05. The van der Waals surface area contributed by atoms with Crippen molar-refractivity contribution in [2.45, 2.75) is 18.8 Å². The van der Waals surface area contributed by atoms with E-state index < -0.39 is 0 Å². The third-order valence-corrected chi connectivity index (χ3v) is 4.25. The molecule has 1 aromatic carbocycles. The Morgan fingerprint density at radius 2 is 2.15 bits per heavy atom. The molecule has 0 saturated heterocycles. The number of rotatable bonds is 4. The highest BCUT2D eigenvalue weighted by Crippen LogP contribution is 2.40. The number of nitrogens with zero attached hydrogens (tertiary/aromatic N) is 5. The highest BCUT2D eigenvalue weighted by Gasteiger charge is 2.28. The topological polar surface area (TPSA) is 98.7 Å². The molecule has 3 heterocycles. The number of anilines is 1. The molecule has 0 radical (unpaired) electrons. The van der Waals surface area contributed by atoms with Gasteiger partial charge in [0.1, 0.15) is 18.2 Å². The van der Waals surface area contributed by atoms with E-state index in [4.69, 9.17) is 4.42 Å². The molecule has 128 valence electrons. The van der Waals surface area contributed by atoms with Gasteiger partial charge in [0.15, 0.2) is 17.3 Å². The zero-order valence-electron chi connectivity index (χ0n) is 13.7. The normalized spacial score (nSPS) is 13.8. The van der Waals surface area contributed by atoms with Crippen molar-refractivity contribution in [2.75, 3.05) is 5.32 Å². The molecule has 1 aliphatic carbocycles. The van der Waals surface area contributed by atoms with Gasteiger partial charge < -0.3 is 9.73 Å². The van der Waals surface area contributed by atoms with Crippen LogP contribution in [0.1, 0.15) is 35.0 Å². The molecule has 1 aliphatic rings. The molecule has 1 fully saturated rings. The zero-order valence-corrected chi connectivity index (χ0v) is 13.7. The highest BCUT2D eigenvalue weighted by atomic mass is 16.3. The average Bonchev–Trinajstić information content (AvgIpc) is 3.19. The summed E-state index contributed by atoms with van der Waals surface area (Å²) in [6.45, 7) is 0. The van der Waals surface area contributed by atoms with E-state index in [0.717, 1.165) is 24.2 Å². The molecule has 5 rings (SSSR count). The maximum absolute atomic E-state index is 12.6. The van der Waals surface area contributed by atoms with Crippen LogP contribution in [0.5, 0.6) is 0 Å². The largest absolute Gasteiger partial charge is 0.440 e. The number of fused-ring (bicyclic) bond motifs is 1. The van der Waals surface area contributed by atoms with Crippen LogP contribution in [0.25, 0.3) is 16.9 Å². The van der Waals surface area contributed by atoms with Gasteiger partial charge in [-0.2, -0.15) is 5.10 Å². The molecule has 0 unspecified atom stereocenters. The van der Waals surface area contributed by atoms with Gasteiger partial charge in [0, 0.05) is 29.4 Å². The van der Waals surface area contributed by atoms with Gasteiger partial charge in [-0.05, 0) is 37.1 Å². The minimum Gasteiger partial charge on any atom is -0.440 e. The first-order chi connectivity index (χ1) is 12.8. The van der Waals surface area contributed by atoms with E-state index in [0.29, 0.717) is 28.6 Å². The Hall–Kier alpha value is -3.55. The van der Waals surface area contributed by atoms with Crippen LogP contribution in [-0.4, -0.2) is 30.6 Å². The average molecular weight is 346 g/mol. The minimum atomic E-state index is -0.241. The predicted octanol–water partition coefficient (Wildman–Crippen LogP) is 2.93. The lowest BCUT2D eigenvalue weighted by Gasteiger charge is -2.06. The minimum absolute atomic E-state index is 0.241. The monoisotopic (exact) mass is 346 g/mol. The molecule has 0 spiro atoms. The summed E-state index contributed by atoms with van der Waals surface area (Å²) in [5, 5.41) is 6.90. The molecule has 26 heavy (non-hydrogen) atoms. The number of amides is 1. The van der Waals surface area contributed by atoms with Crippen molar-refractivity contribution in [1.82, 2.24) is 24.7 Å². The van der Waals surface area contributed by atoms with Crippen molar-refractivity contribution >= 4 is 22.7 Å². The predicted molar refractivity (Wildman–Crippen MR) is 93.1 cm³/mol. The van der Waals surface area contributed by atoms with Crippen molar-refractivity contribution < 1.29 is 9.21 Å². The Morgan fingerprint density at radius 3 is 2.96 bits per heavy atom. The van der Waals surface area contributed by atoms with Crippen molar-refractivity contribution in [2.24, 2.45) is 0 Å². The quantitative estimate of drug-likeness (QED) is 0.610. The summed E-state index contributed by atoms with van der Waals surface area (Å²) in [6.07, 6.45) is 6.77. The zero-order chi connectivity index (χ0) is 17.5. The first-order valence-electron chi connectivity index (χ1n) is 8.29. The lowest BCUT2D eigenvalue weighted by Crippen LogP contribution is -2.13. The molecule has 3 aromatic heterocycles. The third kappa shape index (κ3) is 2.71. The van der Waals surface area contributed by atoms with E-state index in [1.54, 1.807) is 24.4 Å². The van der Waals surface area contributed by atoms with Gasteiger partial charge in [-0.15, -0.1) is 0 Å². The number of carbonyl (C=O) groups is 1. The molecule has 4 aromatic rings. The van der Waals surface area contributed by atoms with E-state index >= 15 is 0 Å². The van der Waals surface area contributed by atoms with Gasteiger partial charge in [0.25, 0.3) is 5.91 Å². The smallest absolute Gasteiger partial charge is 0.255 e. The summed E-state index contributed by atoms with van der Waals surface area (Å²) in [5.41, 5.74) is 2.62. The number of nitrogens with one attached hydrogen (secondary N) is 1. The fourth-order valence-electron chi connectivity index (χ4n) is 2.74. The fraction of sp³-hybridized carbons (Fsp3) is 0.167. The van der Waals surface area contributed by atoms with Gasteiger partial charge in [0.05, 0.1) is 0 Å². The summed E-state index contributed by atoms with van der Waals surface area (Å²) in [5.74, 6) is 1.52. The van der Waals surface area contributed by atoms with Crippen molar-refractivity contribution in [1.29, 1.82) is 0 Å². The van der Waals surface area contributed by atoms with E-state index in [1.165, 1.54) is 17.3 Å². The standard InChI is InChI=1S/C18H14N6O2/c25-17(12-5-6-20-16(7-12)24-10-19-9-21-24)22-13-3-4-14-15(8-13)26-18(23-14)11-1-2-11/h3-11H,1-2H2,(H,22,25). The molecular formula is C18H14N6O2. The van der Waals surface area contributed by atoms with Crippen LogP contribution >= 0.6 is 0 Å². The summed E-state index contributed by atoms with van der Waals surface area (Å²) in [6, 6.07) is 8.77. The van der Waals surface area contributed by atoms with Gasteiger partial charge in [-0.1, -0.05) is 0 Å². The van der Waals surface area contributed by atoms with Crippen LogP contribution < -0.4 is 5.32 Å². The van der Waals surface area contributed by atoms with Crippen LogP contribution in [0.3, 0.4) is 0 Å². The Kier molecular flexibility index (Phi) is 3.27. The van der Waals surface area contributed by atoms with E-state index in [9.17, 15) is 4.79 Å². The first-order valence-corrected chi connectivity index (χ1v) is 8.29. The van der Waals surface area contributed by atoms with Gasteiger partial charge >= 0.3 is 0 Å².